The molecular formula is C12H17N3O4. The van der Waals surface area contributed by atoms with Crippen molar-refractivity contribution < 1.29 is 19.3 Å². The molecular weight excluding hydrogens is 250 g/mol. The zero-order valence-corrected chi connectivity index (χ0v) is 11.0. The van der Waals surface area contributed by atoms with Gasteiger partial charge in [-0.15, -0.1) is 0 Å². The number of hydrogen-bond acceptors (Lipinski definition) is 6. The Hall–Kier alpha value is -1.89. The standard InChI is InChI=1S/C12H17N3O4/c1-8-6-15(4-3-10(8)13-17)12(16)11-5-9(7-18-2)19-14-11/h5,8,17H,3-4,6-7H2,1-2H3. The molecule has 7 heteroatoms. The van der Waals surface area contributed by atoms with E-state index in [-0.39, 0.29) is 24.1 Å². The Morgan fingerprint density at radius 3 is 3.16 bits per heavy atom. The highest BCUT2D eigenvalue weighted by atomic mass is 16.5. The molecule has 19 heavy (non-hydrogen) atoms. The number of likely N-dealkylation sites (tertiary alicyclic amines) is 1. The van der Waals surface area contributed by atoms with Gasteiger partial charge in [0.25, 0.3) is 5.91 Å². The fourth-order valence-corrected chi connectivity index (χ4v) is 2.14. The molecule has 1 unspecified atom stereocenters. The number of aromatic nitrogens is 1. The summed E-state index contributed by atoms with van der Waals surface area (Å²) >= 11 is 0. The van der Waals surface area contributed by atoms with Crippen molar-refractivity contribution in [3.8, 4) is 0 Å². The first-order valence-corrected chi connectivity index (χ1v) is 6.10. The van der Waals surface area contributed by atoms with E-state index in [4.69, 9.17) is 14.5 Å². The summed E-state index contributed by atoms with van der Waals surface area (Å²) in [5, 5.41) is 15.8. The number of amides is 1. The molecule has 1 fully saturated rings. The maximum Gasteiger partial charge on any atom is 0.276 e. The lowest BCUT2D eigenvalue weighted by Crippen LogP contribution is -2.43. The lowest BCUT2D eigenvalue weighted by Gasteiger charge is -2.30. The van der Waals surface area contributed by atoms with Gasteiger partial charge in [-0.2, -0.15) is 0 Å². The molecule has 0 aromatic carbocycles. The monoisotopic (exact) mass is 267 g/mol. The van der Waals surface area contributed by atoms with Gasteiger partial charge in [0.1, 0.15) is 6.61 Å². The van der Waals surface area contributed by atoms with Gasteiger partial charge < -0.3 is 19.4 Å². The molecule has 0 aliphatic carbocycles. The molecule has 1 amide bonds. The highest BCUT2D eigenvalue weighted by Crippen LogP contribution is 2.16. The van der Waals surface area contributed by atoms with Gasteiger partial charge in [0.2, 0.25) is 0 Å². The Morgan fingerprint density at radius 1 is 1.74 bits per heavy atom. The lowest BCUT2D eigenvalue weighted by molar-refractivity contribution is 0.0723. The van der Waals surface area contributed by atoms with Crippen molar-refractivity contribution in [1.82, 2.24) is 10.1 Å². The minimum absolute atomic E-state index is 0.0491. The summed E-state index contributed by atoms with van der Waals surface area (Å²) < 4.78 is 9.91. The molecule has 2 rings (SSSR count). The second-order valence-corrected chi connectivity index (χ2v) is 4.61. The van der Waals surface area contributed by atoms with Crippen LogP contribution >= 0.6 is 0 Å². The second-order valence-electron chi connectivity index (χ2n) is 4.61. The molecule has 2 heterocycles. The van der Waals surface area contributed by atoms with Crippen molar-refractivity contribution in [2.75, 3.05) is 20.2 Å². The van der Waals surface area contributed by atoms with Crippen LogP contribution in [0.15, 0.2) is 15.7 Å². The fourth-order valence-electron chi connectivity index (χ4n) is 2.14. The lowest BCUT2D eigenvalue weighted by atomic mass is 9.97. The Morgan fingerprint density at radius 2 is 2.53 bits per heavy atom. The van der Waals surface area contributed by atoms with Crippen LogP contribution in [0.1, 0.15) is 29.6 Å². The molecule has 1 saturated heterocycles. The minimum atomic E-state index is -0.171. The Kier molecular flexibility index (Phi) is 4.16. The van der Waals surface area contributed by atoms with Gasteiger partial charge in [0.15, 0.2) is 11.5 Å². The van der Waals surface area contributed by atoms with Gasteiger partial charge in [-0.05, 0) is 0 Å². The van der Waals surface area contributed by atoms with E-state index in [9.17, 15) is 4.79 Å². The van der Waals surface area contributed by atoms with Crippen LogP contribution in [0.5, 0.6) is 0 Å². The molecule has 1 atom stereocenters. The average Bonchev–Trinajstić information content (AvgIpc) is 2.87. The third-order valence-electron chi connectivity index (χ3n) is 3.18. The van der Waals surface area contributed by atoms with E-state index in [2.05, 4.69) is 10.3 Å². The highest BCUT2D eigenvalue weighted by Gasteiger charge is 2.28. The Balaban J connectivity index is 2.03. The zero-order chi connectivity index (χ0) is 13.8. The first-order chi connectivity index (χ1) is 9.15. The predicted octanol–water partition coefficient (Wildman–Crippen LogP) is 1.13. The largest absolute Gasteiger partial charge is 0.411 e. The Bertz CT molecular complexity index is 483. The molecule has 104 valence electrons. The van der Waals surface area contributed by atoms with Crippen LogP contribution in [0.4, 0.5) is 0 Å². The van der Waals surface area contributed by atoms with Crippen molar-refractivity contribution in [3.05, 3.63) is 17.5 Å². The van der Waals surface area contributed by atoms with E-state index in [1.165, 1.54) is 0 Å². The van der Waals surface area contributed by atoms with Crippen LogP contribution in [0.2, 0.25) is 0 Å². The number of hydrogen-bond donors (Lipinski definition) is 1. The van der Waals surface area contributed by atoms with E-state index in [1.807, 2.05) is 6.92 Å². The summed E-state index contributed by atoms with van der Waals surface area (Å²) in [6.07, 6.45) is 0.576. The molecule has 0 saturated carbocycles. The summed E-state index contributed by atoms with van der Waals surface area (Å²) in [5.74, 6) is 0.400. The van der Waals surface area contributed by atoms with Crippen LogP contribution in [0, 0.1) is 5.92 Å². The molecule has 0 spiro atoms. The van der Waals surface area contributed by atoms with Crippen molar-refractivity contribution in [1.29, 1.82) is 0 Å². The van der Waals surface area contributed by atoms with Crippen molar-refractivity contribution >= 4 is 11.6 Å². The first kappa shape index (κ1) is 13.5. The van der Waals surface area contributed by atoms with Crippen LogP contribution in [0.25, 0.3) is 0 Å². The molecule has 1 aromatic rings. The third-order valence-corrected chi connectivity index (χ3v) is 3.18. The molecule has 0 radical (unpaired) electrons. The van der Waals surface area contributed by atoms with Gasteiger partial charge >= 0.3 is 0 Å². The number of methoxy groups -OCH3 is 1. The van der Waals surface area contributed by atoms with Crippen molar-refractivity contribution in [2.45, 2.75) is 20.0 Å². The SMILES string of the molecule is COCc1cc(C(=O)N2CCC(=NO)C(C)C2)no1. The summed E-state index contributed by atoms with van der Waals surface area (Å²) in [5.41, 5.74) is 1.01. The van der Waals surface area contributed by atoms with E-state index >= 15 is 0 Å². The quantitative estimate of drug-likeness (QED) is 0.655. The van der Waals surface area contributed by atoms with E-state index in [0.717, 1.165) is 5.71 Å². The minimum Gasteiger partial charge on any atom is -0.411 e. The normalized spacial score (nSPS) is 21.9. The first-order valence-electron chi connectivity index (χ1n) is 6.10. The number of carbonyl (C=O) groups excluding carboxylic acids is 1. The number of ether oxygens (including phenoxy) is 1. The van der Waals surface area contributed by atoms with E-state index in [0.29, 0.717) is 25.3 Å². The highest BCUT2D eigenvalue weighted by molar-refractivity contribution is 5.95. The molecule has 1 aromatic heterocycles. The van der Waals surface area contributed by atoms with Crippen LogP contribution in [-0.2, 0) is 11.3 Å². The van der Waals surface area contributed by atoms with Crippen LogP contribution in [-0.4, -0.2) is 47.1 Å². The number of nitrogens with zero attached hydrogens (tertiary/aromatic N) is 3. The topological polar surface area (TPSA) is 88.2 Å². The van der Waals surface area contributed by atoms with Gasteiger partial charge in [0.05, 0.1) is 5.71 Å². The van der Waals surface area contributed by atoms with Crippen molar-refractivity contribution in [3.63, 3.8) is 0 Å². The average molecular weight is 267 g/mol. The van der Waals surface area contributed by atoms with Crippen LogP contribution < -0.4 is 0 Å². The Labute approximate surface area is 110 Å². The third kappa shape index (κ3) is 2.93. The molecule has 1 N–H and O–H groups in total. The summed E-state index contributed by atoms with van der Waals surface area (Å²) in [7, 11) is 1.55. The van der Waals surface area contributed by atoms with Gasteiger partial charge in [-0.3, -0.25) is 4.79 Å². The summed E-state index contributed by atoms with van der Waals surface area (Å²) in [4.78, 5) is 13.9. The van der Waals surface area contributed by atoms with Crippen LogP contribution in [0.3, 0.4) is 0 Å². The van der Waals surface area contributed by atoms with Gasteiger partial charge in [-0.1, -0.05) is 17.2 Å². The van der Waals surface area contributed by atoms with E-state index in [1.54, 1.807) is 18.1 Å². The van der Waals surface area contributed by atoms with Gasteiger partial charge in [0, 0.05) is 38.6 Å². The fraction of sp³-hybridized carbons (Fsp3) is 0.583. The molecule has 7 nitrogen and oxygen atoms in total. The molecule has 1 aliphatic heterocycles. The van der Waals surface area contributed by atoms with Crippen molar-refractivity contribution in [2.24, 2.45) is 11.1 Å². The molecule has 1 aliphatic rings. The predicted molar refractivity (Wildman–Crippen MR) is 66.1 cm³/mol. The number of rotatable bonds is 3. The molecule has 0 bridgehead atoms. The number of carbonyl (C=O) groups is 1. The zero-order valence-electron chi connectivity index (χ0n) is 11.0. The summed E-state index contributed by atoms with van der Waals surface area (Å²) in [6, 6.07) is 1.59. The number of piperidine rings is 1. The smallest absolute Gasteiger partial charge is 0.276 e. The number of oxime groups is 1. The second kappa shape index (κ2) is 5.83. The maximum absolute atomic E-state index is 12.2. The van der Waals surface area contributed by atoms with Gasteiger partial charge in [-0.25, -0.2) is 0 Å². The summed E-state index contributed by atoms with van der Waals surface area (Å²) in [6.45, 7) is 3.26. The van der Waals surface area contributed by atoms with E-state index < -0.39 is 0 Å². The maximum atomic E-state index is 12.2.